The summed E-state index contributed by atoms with van der Waals surface area (Å²) in [5.74, 6) is 0.766. The van der Waals surface area contributed by atoms with Crippen LogP contribution in [0.2, 0.25) is 5.02 Å². The van der Waals surface area contributed by atoms with Crippen molar-refractivity contribution in [3.05, 3.63) is 70.2 Å². The normalized spacial score (nSPS) is 15.9. The molecule has 2 N–H and O–H groups in total. The van der Waals surface area contributed by atoms with E-state index in [4.69, 9.17) is 11.6 Å². The molecule has 5 nitrogen and oxygen atoms in total. The molecule has 0 amide bonds. The highest BCUT2D eigenvalue weighted by molar-refractivity contribution is 14.0. The van der Waals surface area contributed by atoms with Crippen LogP contribution in [0.25, 0.3) is 0 Å². The Kier molecular flexibility index (Phi) is 10.9. The van der Waals surface area contributed by atoms with Crippen molar-refractivity contribution in [1.82, 2.24) is 20.4 Å². The zero-order chi connectivity index (χ0) is 20.5. The summed E-state index contributed by atoms with van der Waals surface area (Å²) in [6.45, 7) is 7.09. The molecule has 0 atom stereocenters. The summed E-state index contributed by atoms with van der Waals surface area (Å²) in [4.78, 5) is 9.27. The molecule has 1 saturated heterocycles. The third kappa shape index (κ3) is 8.06. The first kappa shape index (κ1) is 24.9. The van der Waals surface area contributed by atoms with Gasteiger partial charge in [-0.25, -0.2) is 0 Å². The van der Waals surface area contributed by atoms with Gasteiger partial charge in [-0.15, -0.1) is 24.0 Å². The van der Waals surface area contributed by atoms with Gasteiger partial charge in [0.2, 0.25) is 0 Å². The van der Waals surface area contributed by atoms with Crippen molar-refractivity contribution < 1.29 is 0 Å². The fraction of sp³-hybridized carbons (Fsp3) is 0.435. The van der Waals surface area contributed by atoms with Crippen LogP contribution in [0.3, 0.4) is 0 Å². The summed E-state index contributed by atoms with van der Waals surface area (Å²) >= 11 is 6.22. The van der Waals surface area contributed by atoms with E-state index in [1.807, 2.05) is 24.3 Å². The molecule has 1 fully saturated rings. The van der Waals surface area contributed by atoms with Crippen molar-refractivity contribution in [1.29, 1.82) is 0 Å². The number of likely N-dealkylation sites (N-methyl/N-ethyl adjacent to an activating group) is 1. The molecule has 0 aromatic heterocycles. The molecule has 0 radical (unpaired) electrons. The van der Waals surface area contributed by atoms with Crippen LogP contribution in [0, 0.1) is 0 Å². The van der Waals surface area contributed by atoms with E-state index in [-0.39, 0.29) is 24.0 Å². The lowest BCUT2D eigenvalue weighted by molar-refractivity contribution is 0.269. The van der Waals surface area contributed by atoms with Crippen LogP contribution in [0.1, 0.15) is 23.1 Å². The first-order chi connectivity index (χ1) is 14.1. The smallest absolute Gasteiger partial charge is 0.191 e. The molecule has 1 aliphatic rings. The van der Waals surface area contributed by atoms with Gasteiger partial charge in [-0.05, 0) is 49.3 Å². The first-order valence-electron chi connectivity index (χ1n) is 10.3. The van der Waals surface area contributed by atoms with Crippen LogP contribution in [-0.4, -0.2) is 56.0 Å². The second-order valence-corrected chi connectivity index (χ2v) is 8.03. The fourth-order valence-electron chi connectivity index (χ4n) is 3.51. The number of halogens is 2. The van der Waals surface area contributed by atoms with Gasteiger partial charge in [0.15, 0.2) is 5.96 Å². The van der Waals surface area contributed by atoms with Gasteiger partial charge in [-0.3, -0.25) is 9.89 Å². The maximum absolute atomic E-state index is 6.22. The zero-order valence-corrected chi connectivity index (χ0v) is 21.0. The minimum atomic E-state index is 0. The lowest BCUT2D eigenvalue weighted by atomic mass is 10.1. The Morgan fingerprint density at radius 1 is 0.933 bits per heavy atom. The Hall–Kier alpha value is -1.35. The van der Waals surface area contributed by atoms with Crippen LogP contribution in [-0.2, 0) is 19.6 Å². The average molecular weight is 542 g/mol. The van der Waals surface area contributed by atoms with Crippen molar-refractivity contribution in [3.8, 4) is 0 Å². The molecule has 2 aromatic rings. The predicted molar refractivity (Wildman–Crippen MR) is 138 cm³/mol. The number of rotatable bonds is 6. The van der Waals surface area contributed by atoms with Crippen molar-refractivity contribution in [3.63, 3.8) is 0 Å². The van der Waals surface area contributed by atoms with E-state index in [1.54, 1.807) is 7.05 Å². The zero-order valence-electron chi connectivity index (χ0n) is 17.9. The van der Waals surface area contributed by atoms with Gasteiger partial charge in [0.1, 0.15) is 0 Å². The molecule has 0 saturated carbocycles. The van der Waals surface area contributed by atoms with Gasteiger partial charge in [-0.1, -0.05) is 54.1 Å². The standard InChI is InChI=1S/C23H32ClN5.HI/c1-25-23(27-17-21-6-3-4-7-22(21)24)26-16-19-8-10-20(11-9-19)18-29-13-5-12-28(2)14-15-29;/h3-4,6-11H,5,12-18H2,1-2H3,(H2,25,26,27);1H. The number of nitrogens with one attached hydrogen (secondary N) is 2. The monoisotopic (exact) mass is 541 g/mol. The van der Waals surface area contributed by atoms with Crippen LogP contribution in [0.15, 0.2) is 53.5 Å². The van der Waals surface area contributed by atoms with Crippen molar-refractivity contribution in [2.75, 3.05) is 40.3 Å². The van der Waals surface area contributed by atoms with E-state index in [0.717, 1.165) is 42.7 Å². The second-order valence-electron chi connectivity index (χ2n) is 7.62. The molecule has 30 heavy (non-hydrogen) atoms. The van der Waals surface area contributed by atoms with Crippen molar-refractivity contribution in [2.24, 2.45) is 4.99 Å². The van der Waals surface area contributed by atoms with Crippen molar-refractivity contribution in [2.45, 2.75) is 26.1 Å². The molecule has 2 aromatic carbocycles. The maximum atomic E-state index is 6.22. The van der Waals surface area contributed by atoms with Gasteiger partial charge < -0.3 is 15.5 Å². The summed E-state index contributed by atoms with van der Waals surface area (Å²) < 4.78 is 0. The topological polar surface area (TPSA) is 42.9 Å². The molecule has 0 bridgehead atoms. The highest BCUT2D eigenvalue weighted by atomic mass is 127. The molecule has 3 rings (SSSR count). The number of hydrogen-bond donors (Lipinski definition) is 2. The second kappa shape index (κ2) is 13.1. The molecule has 0 aliphatic carbocycles. The van der Waals surface area contributed by atoms with Gasteiger partial charge in [0.05, 0.1) is 0 Å². The molecule has 0 unspecified atom stereocenters. The summed E-state index contributed by atoms with van der Waals surface area (Å²) in [7, 11) is 3.99. The Morgan fingerprint density at radius 3 is 2.37 bits per heavy atom. The summed E-state index contributed by atoms with van der Waals surface area (Å²) in [6.07, 6.45) is 1.25. The van der Waals surface area contributed by atoms with Crippen LogP contribution in [0.5, 0.6) is 0 Å². The minimum absolute atomic E-state index is 0. The number of nitrogens with zero attached hydrogens (tertiary/aromatic N) is 3. The van der Waals surface area contributed by atoms with Gasteiger partial charge >= 0.3 is 0 Å². The quantitative estimate of drug-likeness (QED) is 0.330. The fourth-order valence-corrected chi connectivity index (χ4v) is 3.71. The van der Waals surface area contributed by atoms with E-state index in [0.29, 0.717) is 6.54 Å². The third-order valence-electron chi connectivity index (χ3n) is 5.33. The minimum Gasteiger partial charge on any atom is -0.352 e. The number of benzene rings is 2. The molecular formula is C23H33ClIN5. The SMILES string of the molecule is CN=C(NCc1ccc(CN2CCCN(C)CC2)cc1)NCc1ccccc1Cl.I. The van der Waals surface area contributed by atoms with E-state index in [1.165, 1.54) is 30.6 Å². The first-order valence-corrected chi connectivity index (χ1v) is 10.7. The Morgan fingerprint density at radius 2 is 1.63 bits per heavy atom. The lowest BCUT2D eigenvalue weighted by Crippen LogP contribution is -2.36. The molecule has 1 heterocycles. The Balaban J connectivity index is 0.00000320. The van der Waals surface area contributed by atoms with Gasteiger partial charge in [0.25, 0.3) is 0 Å². The van der Waals surface area contributed by atoms with E-state index < -0.39 is 0 Å². The molecule has 0 spiro atoms. The van der Waals surface area contributed by atoms with Gasteiger partial charge in [0, 0.05) is 44.8 Å². The molecule has 164 valence electrons. The van der Waals surface area contributed by atoms with Crippen LogP contribution in [0.4, 0.5) is 0 Å². The largest absolute Gasteiger partial charge is 0.352 e. The highest BCUT2D eigenvalue weighted by Crippen LogP contribution is 2.14. The van der Waals surface area contributed by atoms with Crippen LogP contribution >= 0.6 is 35.6 Å². The molecule has 1 aliphatic heterocycles. The summed E-state index contributed by atoms with van der Waals surface area (Å²) in [6, 6.07) is 16.7. The maximum Gasteiger partial charge on any atom is 0.191 e. The number of aliphatic imine (C=N–C) groups is 1. The van der Waals surface area contributed by atoms with Crippen LogP contribution < -0.4 is 10.6 Å². The predicted octanol–water partition coefficient (Wildman–Crippen LogP) is 3.96. The van der Waals surface area contributed by atoms with Crippen molar-refractivity contribution >= 4 is 41.5 Å². The van der Waals surface area contributed by atoms with E-state index in [2.05, 4.69) is 56.7 Å². The summed E-state index contributed by atoms with van der Waals surface area (Å²) in [5.41, 5.74) is 3.67. The summed E-state index contributed by atoms with van der Waals surface area (Å²) in [5, 5.41) is 7.45. The molecule has 7 heteroatoms. The Labute approximate surface area is 202 Å². The third-order valence-corrected chi connectivity index (χ3v) is 5.70. The lowest BCUT2D eigenvalue weighted by Gasteiger charge is -2.20. The average Bonchev–Trinajstić information content (AvgIpc) is 2.94. The van der Waals surface area contributed by atoms with Gasteiger partial charge in [-0.2, -0.15) is 0 Å². The van der Waals surface area contributed by atoms with E-state index >= 15 is 0 Å². The highest BCUT2D eigenvalue weighted by Gasteiger charge is 2.12. The van der Waals surface area contributed by atoms with E-state index in [9.17, 15) is 0 Å². The molecular weight excluding hydrogens is 509 g/mol. The number of hydrogen-bond acceptors (Lipinski definition) is 3. The number of guanidine groups is 1. The Bertz CT molecular complexity index is 796.